The molecule has 0 unspecified atom stereocenters. The fourth-order valence-corrected chi connectivity index (χ4v) is 2.44. The highest BCUT2D eigenvalue weighted by Crippen LogP contribution is 2.29. The molecule has 6 heteroatoms. The van der Waals surface area contributed by atoms with Crippen molar-refractivity contribution in [1.29, 1.82) is 0 Å². The molecular formula is C18H16F3N3. The van der Waals surface area contributed by atoms with Gasteiger partial charge in [-0.3, -0.25) is 0 Å². The summed E-state index contributed by atoms with van der Waals surface area (Å²) < 4.78 is 39.6. The van der Waals surface area contributed by atoms with E-state index < -0.39 is 11.7 Å². The Morgan fingerprint density at radius 3 is 2.29 bits per heavy atom. The van der Waals surface area contributed by atoms with Gasteiger partial charge in [0, 0.05) is 13.6 Å². The monoisotopic (exact) mass is 331 g/mol. The maximum Gasteiger partial charge on any atom is 0.416 e. The summed E-state index contributed by atoms with van der Waals surface area (Å²) in [5.41, 5.74) is 2.13. The number of imidazole rings is 1. The molecule has 3 rings (SSSR count). The highest BCUT2D eigenvalue weighted by atomic mass is 19.4. The molecule has 0 aliphatic heterocycles. The van der Waals surface area contributed by atoms with Crippen molar-refractivity contribution in [2.24, 2.45) is 7.05 Å². The average molecular weight is 331 g/mol. The summed E-state index contributed by atoms with van der Waals surface area (Å²) in [5, 5.41) is 3.15. The van der Waals surface area contributed by atoms with E-state index in [1.807, 2.05) is 41.9 Å². The van der Waals surface area contributed by atoms with Gasteiger partial charge in [0.05, 0.1) is 17.5 Å². The Labute approximate surface area is 137 Å². The van der Waals surface area contributed by atoms with E-state index in [2.05, 4.69) is 10.3 Å². The van der Waals surface area contributed by atoms with Crippen LogP contribution in [0, 0.1) is 0 Å². The molecule has 0 fully saturated rings. The van der Waals surface area contributed by atoms with Crippen LogP contribution in [0.25, 0.3) is 11.3 Å². The number of aromatic nitrogens is 2. The standard InChI is InChI=1S/C18H16F3N3/c1-24-16(14-5-3-2-4-6-14)12-23-17(24)22-11-13-7-9-15(10-8-13)18(19,20)21/h2-10,12H,11H2,1H3,(H,22,23). The van der Waals surface area contributed by atoms with Gasteiger partial charge in [0.2, 0.25) is 5.95 Å². The third-order valence-electron chi connectivity index (χ3n) is 3.79. The molecule has 0 radical (unpaired) electrons. The highest BCUT2D eigenvalue weighted by Gasteiger charge is 2.29. The predicted molar refractivity (Wildman–Crippen MR) is 87.4 cm³/mol. The lowest BCUT2D eigenvalue weighted by molar-refractivity contribution is -0.137. The lowest BCUT2D eigenvalue weighted by atomic mass is 10.1. The number of anilines is 1. The summed E-state index contributed by atoms with van der Waals surface area (Å²) in [7, 11) is 1.89. The number of hydrogen-bond acceptors (Lipinski definition) is 2. The Kier molecular flexibility index (Phi) is 4.29. The van der Waals surface area contributed by atoms with Crippen LogP contribution in [-0.4, -0.2) is 9.55 Å². The molecule has 1 heterocycles. The lowest BCUT2D eigenvalue weighted by Crippen LogP contribution is -2.07. The Balaban J connectivity index is 1.71. The van der Waals surface area contributed by atoms with Gasteiger partial charge in [-0.15, -0.1) is 0 Å². The third-order valence-corrected chi connectivity index (χ3v) is 3.79. The van der Waals surface area contributed by atoms with Crippen molar-refractivity contribution in [3.63, 3.8) is 0 Å². The van der Waals surface area contributed by atoms with Crippen molar-refractivity contribution < 1.29 is 13.2 Å². The van der Waals surface area contributed by atoms with Gasteiger partial charge in [-0.05, 0) is 23.3 Å². The molecule has 3 nitrogen and oxygen atoms in total. The van der Waals surface area contributed by atoms with Crippen LogP contribution < -0.4 is 5.32 Å². The first-order chi connectivity index (χ1) is 11.4. The molecule has 0 bridgehead atoms. The van der Waals surface area contributed by atoms with E-state index in [9.17, 15) is 13.2 Å². The van der Waals surface area contributed by atoms with E-state index in [-0.39, 0.29) is 0 Å². The molecule has 3 aromatic rings. The lowest BCUT2D eigenvalue weighted by Gasteiger charge is -2.10. The number of rotatable bonds is 4. The number of alkyl halides is 3. The molecule has 0 saturated heterocycles. The number of nitrogens with zero attached hydrogens (tertiary/aromatic N) is 2. The van der Waals surface area contributed by atoms with E-state index in [4.69, 9.17) is 0 Å². The molecule has 0 saturated carbocycles. The van der Waals surface area contributed by atoms with Gasteiger partial charge in [-0.25, -0.2) is 4.98 Å². The first-order valence-electron chi connectivity index (χ1n) is 7.42. The van der Waals surface area contributed by atoms with Crippen molar-refractivity contribution >= 4 is 5.95 Å². The number of nitrogens with one attached hydrogen (secondary N) is 1. The van der Waals surface area contributed by atoms with Crippen molar-refractivity contribution in [2.45, 2.75) is 12.7 Å². The maximum absolute atomic E-state index is 12.6. The fraction of sp³-hybridized carbons (Fsp3) is 0.167. The molecule has 2 aromatic carbocycles. The van der Waals surface area contributed by atoms with Crippen LogP contribution in [0.1, 0.15) is 11.1 Å². The zero-order chi connectivity index (χ0) is 17.2. The molecule has 0 amide bonds. The largest absolute Gasteiger partial charge is 0.416 e. The zero-order valence-corrected chi connectivity index (χ0v) is 13.0. The second-order valence-corrected chi connectivity index (χ2v) is 5.44. The van der Waals surface area contributed by atoms with Crippen LogP contribution in [0.4, 0.5) is 19.1 Å². The highest BCUT2D eigenvalue weighted by molar-refractivity contribution is 5.61. The van der Waals surface area contributed by atoms with E-state index in [0.717, 1.165) is 29.0 Å². The van der Waals surface area contributed by atoms with Crippen molar-refractivity contribution in [1.82, 2.24) is 9.55 Å². The third kappa shape index (κ3) is 3.42. The van der Waals surface area contributed by atoms with Crippen LogP contribution >= 0.6 is 0 Å². The van der Waals surface area contributed by atoms with Crippen LogP contribution in [0.5, 0.6) is 0 Å². The summed E-state index contributed by atoms with van der Waals surface area (Å²) in [6, 6.07) is 15.0. The smallest absolute Gasteiger partial charge is 0.352 e. The fourth-order valence-electron chi connectivity index (χ4n) is 2.44. The number of halogens is 3. The summed E-state index contributed by atoms with van der Waals surface area (Å²) in [6.07, 6.45) is -2.54. The van der Waals surface area contributed by atoms with E-state index in [1.165, 1.54) is 12.1 Å². The number of hydrogen-bond donors (Lipinski definition) is 1. The minimum atomic E-state index is -4.31. The normalized spacial score (nSPS) is 11.5. The Morgan fingerprint density at radius 1 is 1.00 bits per heavy atom. The minimum absolute atomic E-state index is 0.400. The summed E-state index contributed by atoms with van der Waals surface area (Å²) in [5.74, 6) is 0.661. The van der Waals surface area contributed by atoms with Crippen molar-refractivity contribution in [3.05, 3.63) is 71.9 Å². The first-order valence-corrected chi connectivity index (χ1v) is 7.42. The summed E-state index contributed by atoms with van der Waals surface area (Å²) in [6.45, 7) is 0.400. The molecule has 24 heavy (non-hydrogen) atoms. The van der Waals surface area contributed by atoms with Crippen LogP contribution in [0.3, 0.4) is 0 Å². The summed E-state index contributed by atoms with van der Waals surface area (Å²) >= 11 is 0. The quantitative estimate of drug-likeness (QED) is 0.750. The Morgan fingerprint density at radius 2 is 1.67 bits per heavy atom. The molecule has 0 aliphatic rings. The minimum Gasteiger partial charge on any atom is -0.352 e. The maximum atomic E-state index is 12.6. The molecule has 0 atom stereocenters. The second kappa shape index (κ2) is 6.39. The zero-order valence-electron chi connectivity index (χ0n) is 13.0. The second-order valence-electron chi connectivity index (χ2n) is 5.44. The summed E-state index contributed by atoms with van der Waals surface area (Å²) in [4.78, 5) is 4.34. The topological polar surface area (TPSA) is 29.9 Å². The van der Waals surface area contributed by atoms with Crippen LogP contribution in [0.15, 0.2) is 60.8 Å². The van der Waals surface area contributed by atoms with Gasteiger partial charge in [0.1, 0.15) is 0 Å². The first kappa shape index (κ1) is 16.1. The van der Waals surface area contributed by atoms with Crippen LogP contribution in [-0.2, 0) is 19.8 Å². The van der Waals surface area contributed by atoms with E-state index >= 15 is 0 Å². The van der Waals surface area contributed by atoms with Crippen molar-refractivity contribution in [3.8, 4) is 11.3 Å². The van der Waals surface area contributed by atoms with Gasteiger partial charge >= 0.3 is 6.18 Å². The van der Waals surface area contributed by atoms with E-state index in [0.29, 0.717) is 12.5 Å². The van der Waals surface area contributed by atoms with Gasteiger partial charge in [-0.2, -0.15) is 13.2 Å². The average Bonchev–Trinajstić information content (AvgIpc) is 2.94. The Bertz CT molecular complexity index is 806. The SMILES string of the molecule is Cn1c(-c2ccccc2)cnc1NCc1ccc(C(F)(F)F)cc1. The Hall–Kier alpha value is -2.76. The number of benzene rings is 2. The molecule has 0 spiro atoms. The predicted octanol–water partition coefficient (Wildman–Crippen LogP) is 4.72. The van der Waals surface area contributed by atoms with Gasteiger partial charge < -0.3 is 9.88 Å². The molecular weight excluding hydrogens is 315 g/mol. The molecule has 124 valence electrons. The van der Waals surface area contributed by atoms with Crippen molar-refractivity contribution in [2.75, 3.05) is 5.32 Å². The van der Waals surface area contributed by atoms with Crippen LogP contribution in [0.2, 0.25) is 0 Å². The van der Waals surface area contributed by atoms with Gasteiger partial charge in [0.25, 0.3) is 0 Å². The molecule has 1 N–H and O–H groups in total. The molecule has 0 aliphatic carbocycles. The van der Waals surface area contributed by atoms with E-state index in [1.54, 1.807) is 6.20 Å². The van der Waals surface area contributed by atoms with Gasteiger partial charge in [-0.1, -0.05) is 42.5 Å². The van der Waals surface area contributed by atoms with Gasteiger partial charge in [0.15, 0.2) is 0 Å². The molecule has 1 aromatic heterocycles.